The fraction of sp³-hybridized carbons (Fsp3) is 0.273. The molecule has 0 radical (unpaired) electrons. The van der Waals surface area contributed by atoms with E-state index in [1.807, 2.05) is 31.2 Å². The van der Waals surface area contributed by atoms with Gasteiger partial charge < -0.3 is 20.3 Å². The molecular formula is C22H26N6O3. The zero-order valence-electron chi connectivity index (χ0n) is 17.8. The van der Waals surface area contributed by atoms with Crippen LogP contribution in [0, 0.1) is 0 Å². The van der Waals surface area contributed by atoms with E-state index in [4.69, 9.17) is 4.74 Å². The van der Waals surface area contributed by atoms with E-state index >= 15 is 0 Å². The Bertz CT molecular complexity index is 987. The minimum atomic E-state index is -0.364. The zero-order valence-corrected chi connectivity index (χ0v) is 17.8. The molecule has 0 fully saturated rings. The maximum absolute atomic E-state index is 12.5. The number of ether oxygens (including phenoxy) is 1. The standard InChI is InChI=1S/C22H26N6O3/c1-16(17-4-8-19(9-5-17)28-15-23-14-25-28)27(2)21(29)12-13-24-22(30)26-18-6-10-20(31-3)11-7-18/h4-11,14-16H,12-13H2,1-3H3,(H2,24,26,30). The fourth-order valence-corrected chi connectivity index (χ4v) is 3.00. The van der Waals surface area contributed by atoms with E-state index in [9.17, 15) is 9.59 Å². The highest BCUT2D eigenvalue weighted by Crippen LogP contribution is 2.21. The number of carbonyl (C=O) groups is 2. The van der Waals surface area contributed by atoms with Gasteiger partial charge in [-0.1, -0.05) is 12.1 Å². The van der Waals surface area contributed by atoms with E-state index in [-0.39, 0.29) is 30.9 Å². The third kappa shape index (κ3) is 5.81. The number of rotatable bonds is 8. The molecule has 0 aliphatic heterocycles. The summed E-state index contributed by atoms with van der Waals surface area (Å²) in [6.45, 7) is 2.20. The van der Waals surface area contributed by atoms with Crippen molar-refractivity contribution in [1.29, 1.82) is 0 Å². The smallest absolute Gasteiger partial charge is 0.319 e. The van der Waals surface area contributed by atoms with Crippen LogP contribution in [0.3, 0.4) is 0 Å². The average molecular weight is 422 g/mol. The molecule has 0 saturated heterocycles. The summed E-state index contributed by atoms with van der Waals surface area (Å²) < 4.78 is 6.76. The lowest BCUT2D eigenvalue weighted by atomic mass is 10.1. The first-order chi connectivity index (χ1) is 15.0. The first kappa shape index (κ1) is 21.8. The average Bonchev–Trinajstić information content (AvgIpc) is 3.33. The Morgan fingerprint density at radius 3 is 2.45 bits per heavy atom. The van der Waals surface area contributed by atoms with Gasteiger partial charge in [0.25, 0.3) is 0 Å². The van der Waals surface area contributed by atoms with Gasteiger partial charge in [0.15, 0.2) is 0 Å². The Morgan fingerprint density at radius 2 is 1.84 bits per heavy atom. The van der Waals surface area contributed by atoms with Crippen LogP contribution in [-0.2, 0) is 4.79 Å². The third-order valence-electron chi connectivity index (χ3n) is 5.01. The number of carbonyl (C=O) groups excluding carboxylic acids is 2. The van der Waals surface area contributed by atoms with E-state index in [0.717, 1.165) is 11.3 Å². The summed E-state index contributed by atoms with van der Waals surface area (Å²) in [4.78, 5) is 30.2. The predicted molar refractivity (Wildman–Crippen MR) is 117 cm³/mol. The molecule has 0 aliphatic carbocycles. The summed E-state index contributed by atoms with van der Waals surface area (Å²) in [5.74, 6) is 0.652. The summed E-state index contributed by atoms with van der Waals surface area (Å²) in [7, 11) is 3.34. The Kier molecular flexibility index (Phi) is 7.21. The van der Waals surface area contributed by atoms with Gasteiger partial charge in [0.1, 0.15) is 18.4 Å². The van der Waals surface area contributed by atoms with Crippen LogP contribution >= 0.6 is 0 Å². The number of urea groups is 1. The van der Waals surface area contributed by atoms with Gasteiger partial charge >= 0.3 is 6.03 Å². The van der Waals surface area contributed by atoms with E-state index in [1.54, 1.807) is 54.3 Å². The minimum Gasteiger partial charge on any atom is -0.497 e. The molecule has 3 amide bonds. The Balaban J connectivity index is 1.45. The highest BCUT2D eigenvalue weighted by Gasteiger charge is 2.17. The number of hydrogen-bond donors (Lipinski definition) is 2. The van der Waals surface area contributed by atoms with Gasteiger partial charge in [-0.25, -0.2) is 14.5 Å². The lowest BCUT2D eigenvalue weighted by Crippen LogP contribution is -2.35. The van der Waals surface area contributed by atoms with Crippen LogP contribution in [0.4, 0.5) is 10.5 Å². The quantitative estimate of drug-likeness (QED) is 0.581. The fourth-order valence-electron chi connectivity index (χ4n) is 3.00. The number of anilines is 1. The predicted octanol–water partition coefficient (Wildman–Crippen LogP) is 3.01. The molecule has 1 atom stereocenters. The van der Waals surface area contributed by atoms with Crippen molar-refractivity contribution < 1.29 is 14.3 Å². The lowest BCUT2D eigenvalue weighted by molar-refractivity contribution is -0.131. The lowest BCUT2D eigenvalue weighted by Gasteiger charge is -2.25. The van der Waals surface area contributed by atoms with Crippen LogP contribution in [-0.4, -0.2) is 52.3 Å². The Hall–Kier alpha value is -3.88. The molecule has 0 bridgehead atoms. The van der Waals surface area contributed by atoms with Crippen molar-refractivity contribution in [3.05, 3.63) is 66.7 Å². The molecule has 0 spiro atoms. The number of methoxy groups -OCH3 is 1. The van der Waals surface area contributed by atoms with Crippen LogP contribution in [0.1, 0.15) is 24.9 Å². The van der Waals surface area contributed by atoms with Crippen molar-refractivity contribution in [2.24, 2.45) is 0 Å². The summed E-state index contributed by atoms with van der Waals surface area (Å²) >= 11 is 0. The monoisotopic (exact) mass is 422 g/mol. The summed E-state index contributed by atoms with van der Waals surface area (Å²) in [5, 5.41) is 9.52. The van der Waals surface area contributed by atoms with Crippen molar-refractivity contribution in [3.63, 3.8) is 0 Å². The largest absolute Gasteiger partial charge is 0.497 e. The molecule has 9 nitrogen and oxygen atoms in total. The van der Waals surface area contributed by atoms with Crippen LogP contribution < -0.4 is 15.4 Å². The molecule has 1 heterocycles. The van der Waals surface area contributed by atoms with Gasteiger partial charge in [-0.15, -0.1) is 0 Å². The number of amides is 3. The first-order valence-electron chi connectivity index (χ1n) is 9.87. The number of benzene rings is 2. The maximum Gasteiger partial charge on any atom is 0.319 e. The van der Waals surface area contributed by atoms with Crippen LogP contribution in [0.25, 0.3) is 5.69 Å². The van der Waals surface area contributed by atoms with Crippen LogP contribution in [0.2, 0.25) is 0 Å². The normalized spacial score (nSPS) is 11.5. The van der Waals surface area contributed by atoms with E-state index in [2.05, 4.69) is 20.7 Å². The van der Waals surface area contributed by atoms with Crippen molar-refractivity contribution in [3.8, 4) is 11.4 Å². The van der Waals surface area contributed by atoms with Gasteiger partial charge in [0, 0.05) is 25.7 Å². The van der Waals surface area contributed by atoms with E-state index < -0.39 is 0 Å². The molecule has 3 aromatic rings. The molecule has 2 aromatic carbocycles. The van der Waals surface area contributed by atoms with E-state index in [0.29, 0.717) is 11.4 Å². The second kappa shape index (κ2) is 10.2. The van der Waals surface area contributed by atoms with Crippen molar-refractivity contribution in [1.82, 2.24) is 25.0 Å². The summed E-state index contributed by atoms with van der Waals surface area (Å²) in [6, 6.07) is 14.3. The summed E-state index contributed by atoms with van der Waals surface area (Å²) in [5.41, 5.74) is 2.55. The molecule has 1 aromatic heterocycles. The van der Waals surface area contributed by atoms with Gasteiger partial charge in [0.05, 0.1) is 18.8 Å². The molecule has 9 heteroatoms. The number of nitrogens with zero attached hydrogens (tertiary/aromatic N) is 4. The number of hydrogen-bond acceptors (Lipinski definition) is 5. The first-order valence-corrected chi connectivity index (χ1v) is 9.87. The molecule has 0 saturated carbocycles. The van der Waals surface area contributed by atoms with Crippen LogP contribution in [0.15, 0.2) is 61.2 Å². The molecule has 31 heavy (non-hydrogen) atoms. The van der Waals surface area contributed by atoms with Crippen molar-refractivity contribution >= 4 is 17.6 Å². The highest BCUT2D eigenvalue weighted by molar-refractivity contribution is 5.89. The van der Waals surface area contributed by atoms with Gasteiger partial charge in [-0.2, -0.15) is 5.10 Å². The number of aromatic nitrogens is 3. The van der Waals surface area contributed by atoms with Crippen molar-refractivity contribution in [2.45, 2.75) is 19.4 Å². The SMILES string of the molecule is COc1ccc(NC(=O)NCCC(=O)N(C)C(C)c2ccc(-n3cncn3)cc2)cc1. The molecule has 3 rings (SSSR count). The van der Waals surface area contributed by atoms with Gasteiger partial charge in [-0.05, 0) is 48.9 Å². The second-order valence-electron chi connectivity index (χ2n) is 6.97. The highest BCUT2D eigenvalue weighted by atomic mass is 16.5. The molecular weight excluding hydrogens is 396 g/mol. The van der Waals surface area contributed by atoms with Crippen molar-refractivity contribution in [2.75, 3.05) is 26.0 Å². The summed E-state index contributed by atoms with van der Waals surface area (Å²) in [6.07, 6.45) is 3.31. The van der Waals surface area contributed by atoms with Crippen LogP contribution in [0.5, 0.6) is 5.75 Å². The maximum atomic E-state index is 12.5. The molecule has 1 unspecified atom stereocenters. The Morgan fingerprint density at radius 1 is 1.13 bits per heavy atom. The van der Waals surface area contributed by atoms with Gasteiger partial charge in [0.2, 0.25) is 5.91 Å². The minimum absolute atomic E-state index is 0.0578. The van der Waals surface area contributed by atoms with Gasteiger partial charge in [-0.3, -0.25) is 4.79 Å². The second-order valence-corrected chi connectivity index (χ2v) is 6.97. The third-order valence-corrected chi connectivity index (χ3v) is 5.01. The molecule has 0 aliphatic rings. The zero-order chi connectivity index (χ0) is 22.2. The van der Waals surface area contributed by atoms with E-state index in [1.165, 1.54) is 6.33 Å². The molecule has 2 N–H and O–H groups in total. The topological polar surface area (TPSA) is 101 Å². The molecule has 162 valence electrons. The Labute approximate surface area is 181 Å². The number of nitrogens with one attached hydrogen (secondary N) is 2.